The van der Waals surface area contributed by atoms with Gasteiger partial charge in [-0.25, -0.2) is 14.8 Å². The van der Waals surface area contributed by atoms with Gasteiger partial charge in [-0.2, -0.15) is 0 Å². The Morgan fingerprint density at radius 1 is 1.06 bits per heavy atom. The van der Waals surface area contributed by atoms with Crippen molar-refractivity contribution in [1.29, 1.82) is 0 Å². The number of hydrogen-bond donors (Lipinski definition) is 2. The fourth-order valence-corrected chi connectivity index (χ4v) is 4.70. The Kier molecular flexibility index (Phi) is 5.86. The molecule has 3 aromatic rings. The van der Waals surface area contributed by atoms with E-state index in [1.807, 2.05) is 48.5 Å². The fourth-order valence-electron chi connectivity index (χ4n) is 4.70. The van der Waals surface area contributed by atoms with Crippen molar-refractivity contribution >= 4 is 17.8 Å². The van der Waals surface area contributed by atoms with E-state index < -0.39 is 23.3 Å². The lowest BCUT2D eigenvalue weighted by atomic mass is 9.69. The Labute approximate surface area is 203 Å². The molecule has 0 spiro atoms. The number of nitrogens with one attached hydrogen (secondary N) is 1. The van der Waals surface area contributed by atoms with Crippen LogP contribution in [0.3, 0.4) is 0 Å². The van der Waals surface area contributed by atoms with Crippen LogP contribution in [0.15, 0.2) is 54.7 Å². The predicted molar refractivity (Wildman–Crippen MR) is 130 cm³/mol. The van der Waals surface area contributed by atoms with Crippen LogP contribution in [0.4, 0.5) is 10.6 Å². The molecule has 3 N–H and O–H groups in total. The molecule has 35 heavy (non-hydrogen) atoms. The average Bonchev–Trinajstić information content (AvgIpc) is 2.87. The molecule has 9 nitrogen and oxygen atoms in total. The minimum atomic E-state index is -1.01. The van der Waals surface area contributed by atoms with Crippen LogP contribution in [0.2, 0.25) is 0 Å². The van der Waals surface area contributed by atoms with E-state index in [4.69, 9.17) is 20.2 Å². The molecule has 0 bridgehead atoms. The molecule has 3 amide bonds. The lowest BCUT2D eigenvalue weighted by Crippen LogP contribution is -2.46. The average molecular weight is 474 g/mol. The number of nitrogens with two attached hydrogens (primary N) is 1. The molecular formula is C26H27N5O4. The van der Waals surface area contributed by atoms with Gasteiger partial charge in [-0.15, -0.1) is 0 Å². The standard InChI is InChI=1S/C26H27N5O4/c1-26(2,24(32)30-25(27)33)22-17-5-3-4-6-20(17)35-23-18(22)8-9-19(29-23)16-7-10-21(28-15-16)31-11-13-34-14-12-31/h3-10,15,22H,11-14H2,1-2H3,(H3,27,30,32,33)/t22-/m0/s1. The van der Waals surface area contributed by atoms with Crippen molar-refractivity contribution in [3.05, 3.63) is 65.9 Å². The topological polar surface area (TPSA) is 120 Å². The summed E-state index contributed by atoms with van der Waals surface area (Å²) in [5.74, 6) is 1.08. The smallest absolute Gasteiger partial charge is 0.318 e. The minimum absolute atomic E-state index is 0.398. The van der Waals surface area contributed by atoms with Gasteiger partial charge < -0.3 is 20.1 Å². The number of amides is 3. The van der Waals surface area contributed by atoms with Gasteiger partial charge >= 0.3 is 6.03 Å². The number of anilines is 1. The zero-order chi connectivity index (χ0) is 24.6. The number of ether oxygens (including phenoxy) is 2. The van der Waals surface area contributed by atoms with Gasteiger partial charge in [0.2, 0.25) is 11.8 Å². The first-order valence-electron chi connectivity index (χ1n) is 11.5. The number of imide groups is 1. The highest BCUT2D eigenvalue weighted by Gasteiger charge is 2.44. The summed E-state index contributed by atoms with van der Waals surface area (Å²) in [6.45, 7) is 6.59. The lowest BCUT2D eigenvalue weighted by Gasteiger charge is -2.37. The number of morpholine rings is 1. The quantitative estimate of drug-likeness (QED) is 0.596. The maximum atomic E-state index is 13.0. The Morgan fingerprint density at radius 2 is 1.83 bits per heavy atom. The summed E-state index contributed by atoms with van der Waals surface area (Å²) in [7, 11) is 0. The summed E-state index contributed by atoms with van der Waals surface area (Å²) in [6.07, 6.45) is 1.80. The highest BCUT2D eigenvalue weighted by molar-refractivity contribution is 5.97. The van der Waals surface area contributed by atoms with Gasteiger partial charge in [0.05, 0.1) is 24.3 Å². The Balaban J connectivity index is 1.50. The SMILES string of the molecule is CC(C)(C(=O)NC(N)=O)[C@H]1c2ccccc2Oc2nc(-c3ccc(N4CCOCC4)nc3)ccc21. The number of primary amides is 1. The molecule has 180 valence electrons. The van der Waals surface area contributed by atoms with Crippen LogP contribution in [0.5, 0.6) is 11.6 Å². The molecule has 1 saturated heterocycles. The van der Waals surface area contributed by atoms with Crippen LogP contribution in [0.1, 0.15) is 30.9 Å². The van der Waals surface area contributed by atoms with Crippen molar-refractivity contribution in [2.24, 2.45) is 11.1 Å². The number of urea groups is 1. The first-order chi connectivity index (χ1) is 16.8. The molecular weight excluding hydrogens is 446 g/mol. The molecule has 1 atom stereocenters. The molecule has 2 aliphatic heterocycles. The second-order valence-electron chi connectivity index (χ2n) is 9.21. The molecule has 4 heterocycles. The van der Waals surface area contributed by atoms with E-state index in [2.05, 4.69) is 15.2 Å². The lowest BCUT2D eigenvalue weighted by molar-refractivity contribution is -0.128. The van der Waals surface area contributed by atoms with E-state index in [0.29, 0.717) is 30.5 Å². The van der Waals surface area contributed by atoms with E-state index in [-0.39, 0.29) is 0 Å². The van der Waals surface area contributed by atoms with Crippen LogP contribution in [0.25, 0.3) is 11.3 Å². The summed E-state index contributed by atoms with van der Waals surface area (Å²) in [5, 5.41) is 2.23. The molecule has 0 radical (unpaired) electrons. The zero-order valence-electron chi connectivity index (χ0n) is 19.7. The predicted octanol–water partition coefficient (Wildman–Crippen LogP) is 3.44. The van der Waals surface area contributed by atoms with E-state index >= 15 is 0 Å². The van der Waals surface area contributed by atoms with Crippen LogP contribution in [-0.4, -0.2) is 48.2 Å². The highest BCUT2D eigenvalue weighted by atomic mass is 16.5. The Hall–Kier alpha value is -3.98. The number of hydrogen-bond acceptors (Lipinski definition) is 7. The van der Waals surface area contributed by atoms with Gasteiger partial charge in [0, 0.05) is 41.9 Å². The van der Waals surface area contributed by atoms with Crippen molar-refractivity contribution in [2.45, 2.75) is 19.8 Å². The summed E-state index contributed by atoms with van der Waals surface area (Å²) in [4.78, 5) is 36.0. The first kappa shape index (κ1) is 22.8. The fraction of sp³-hybridized carbons (Fsp3) is 0.308. The highest BCUT2D eigenvalue weighted by Crippen LogP contribution is 2.51. The second-order valence-corrected chi connectivity index (χ2v) is 9.21. The number of pyridine rings is 2. The normalized spacial score (nSPS) is 17.1. The van der Waals surface area contributed by atoms with E-state index in [0.717, 1.165) is 35.6 Å². The van der Waals surface area contributed by atoms with Gasteiger partial charge in [-0.3, -0.25) is 10.1 Å². The molecule has 2 aliphatic rings. The summed E-state index contributed by atoms with van der Waals surface area (Å²) >= 11 is 0. The molecule has 0 unspecified atom stereocenters. The largest absolute Gasteiger partial charge is 0.438 e. The van der Waals surface area contributed by atoms with Crippen LogP contribution in [-0.2, 0) is 9.53 Å². The number of rotatable bonds is 4. The molecule has 5 rings (SSSR count). The van der Waals surface area contributed by atoms with E-state index in [9.17, 15) is 9.59 Å². The third-order valence-corrected chi connectivity index (χ3v) is 6.56. The van der Waals surface area contributed by atoms with Crippen molar-refractivity contribution < 1.29 is 19.1 Å². The monoisotopic (exact) mass is 473 g/mol. The Bertz CT molecular complexity index is 1270. The summed E-state index contributed by atoms with van der Waals surface area (Å²) in [6, 6.07) is 14.4. The van der Waals surface area contributed by atoms with E-state index in [1.54, 1.807) is 20.0 Å². The number of carbonyl (C=O) groups is 2. The zero-order valence-corrected chi connectivity index (χ0v) is 19.7. The molecule has 9 heteroatoms. The Morgan fingerprint density at radius 3 is 2.54 bits per heavy atom. The number of carbonyl (C=O) groups excluding carboxylic acids is 2. The summed E-state index contributed by atoms with van der Waals surface area (Å²) < 4.78 is 11.6. The maximum Gasteiger partial charge on any atom is 0.318 e. The van der Waals surface area contributed by atoms with Crippen LogP contribution in [0, 0.1) is 5.41 Å². The molecule has 1 aromatic carbocycles. The van der Waals surface area contributed by atoms with Gasteiger partial charge in [-0.1, -0.05) is 38.1 Å². The number of nitrogens with zero attached hydrogens (tertiary/aromatic N) is 3. The molecule has 1 fully saturated rings. The van der Waals surface area contributed by atoms with Gasteiger partial charge in [-0.05, 0) is 24.3 Å². The van der Waals surface area contributed by atoms with Crippen LogP contribution >= 0.6 is 0 Å². The van der Waals surface area contributed by atoms with Crippen molar-refractivity contribution in [3.63, 3.8) is 0 Å². The molecule has 0 aliphatic carbocycles. The van der Waals surface area contributed by atoms with Crippen molar-refractivity contribution in [3.8, 4) is 22.9 Å². The minimum Gasteiger partial charge on any atom is -0.438 e. The number of fused-ring (bicyclic) bond motifs is 2. The molecule has 2 aromatic heterocycles. The third-order valence-electron chi connectivity index (χ3n) is 6.56. The van der Waals surface area contributed by atoms with Crippen molar-refractivity contribution in [1.82, 2.24) is 15.3 Å². The summed E-state index contributed by atoms with van der Waals surface area (Å²) in [5.41, 5.74) is 7.39. The number of aromatic nitrogens is 2. The van der Waals surface area contributed by atoms with Gasteiger partial charge in [0.15, 0.2) is 0 Å². The first-order valence-corrected chi connectivity index (χ1v) is 11.5. The van der Waals surface area contributed by atoms with Crippen LogP contribution < -0.4 is 20.7 Å². The van der Waals surface area contributed by atoms with Gasteiger partial charge in [0.1, 0.15) is 11.6 Å². The second kappa shape index (κ2) is 8.99. The van der Waals surface area contributed by atoms with Gasteiger partial charge in [0.25, 0.3) is 0 Å². The molecule has 0 saturated carbocycles. The van der Waals surface area contributed by atoms with Crippen molar-refractivity contribution in [2.75, 3.05) is 31.2 Å². The number of benzene rings is 1. The number of para-hydroxylation sites is 1. The van der Waals surface area contributed by atoms with E-state index in [1.165, 1.54) is 0 Å². The maximum absolute atomic E-state index is 13.0. The third kappa shape index (κ3) is 4.30.